The first-order valence-electron chi connectivity index (χ1n) is 18.2. The lowest BCUT2D eigenvalue weighted by Gasteiger charge is -2.50. The van der Waals surface area contributed by atoms with E-state index in [1.807, 2.05) is 91.0 Å². The summed E-state index contributed by atoms with van der Waals surface area (Å²) >= 11 is 6.42. The summed E-state index contributed by atoms with van der Waals surface area (Å²) in [7, 11) is 0. The largest absolute Gasteiger partial charge is 0.508 e. The fourth-order valence-electron chi connectivity index (χ4n) is 9.61. The zero-order chi connectivity index (χ0) is 37.3. The predicted molar refractivity (Wildman–Crippen MR) is 208 cm³/mol. The highest BCUT2D eigenvalue weighted by Gasteiger charge is 2.70. The van der Waals surface area contributed by atoms with Gasteiger partial charge in [-0.05, 0) is 103 Å². The van der Waals surface area contributed by atoms with Gasteiger partial charge in [-0.1, -0.05) is 90.0 Å². The molecule has 6 atom stereocenters. The quantitative estimate of drug-likeness (QED) is 0.134. The summed E-state index contributed by atoms with van der Waals surface area (Å²) in [6.45, 7) is 1.80. The Morgan fingerprint density at radius 1 is 0.704 bits per heavy atom. The number of para-hydroxylation sites is 1. The fraction of sp³-hybridized carbons (Fsp3) is 0.200. The second-order valence-electron chi connectivity index (χ2n) is 14.7. The number of nitrogens with zero attached hydrogens (tertiary/aromatic N) is 2. The van der Waals surface area contributed by atoms with Crippen LogP contribution in [-0.4, -0.2) is 28.7 Å². The molecule has 9 heteroatoms. The van der Waals surface area contributed by atoms with Crippen molar-refractivity contribution in [2.45, 2.75) is 31.1 Å². The molecule has 4 aliphatic rings. The molecule has 54 heavy (non-hydrogen) atoms. The average molecular weight is 734 g/mol. The van der Waals surface area contributed by atoms with E-state index in [1.54, 1.807) is 49.4 Å². The number of phenolic OH excluding ortho intramolecular Hbond substituents is 1. The molecule has 0 spiro atoms. The summed E-state index contributed by atoms with van der Waals surface area (Å²) in [4.78, 5) is 61.8. The van der Waals surface area contributed by atoms with Gasteiger partial charge >= 0.3 is 0 Å². The Bertz CT molecular complexity index is 2380. The molecule has 5 aromatic carbocycles. The number of allylic oxidation sites excluding steroid dienone is 2. The summed E-state index contributed by atoms with van der Waals surface area (Å²) in [6, 6.07) is 38.4. The highest BCUT2D eigenvalue weighted by atomic mass is 35.5. The van der Waals surface area contributed by atoms with Crippen molar-refractivity contribution in [3.8, 4) is 5.75 Å². The number of amides is 4. The van der Waals surface area contributed by atoms with Crippen molar-refractivity contribution in [2.75, 3.05) is 15.1 Å². The molecule has 4 amide bonds. The number of phenols is 1. The van der Waals surface area contributed by atoms with Crippen LogP contribution < -0.4 is 15.1 Å². The molecule has 0 aromatic heterocycles. The number of aromatic hydroxyl groups is 1. The Morgan fingerprint density at radius 3 is 2.11 bits per heavy atom. The zero-order valence-electron chi connectivity index (χ0n) is 29.4. The van der Waals surface area contributed by atoms with Gasteiger partial charge in [0.05, 0.1) is 34.5 Å². The first-order valence-corrected chi connectivity index (χ1v) is 18.5. The van der Waals surface area contributed by atoms with Gasteiger partial charge in [-0.2, -0.15) is 0 Å². The smallest absolute Gasteiger partial charge is 0.246 e. The maximum Gasteiger partial charge on any atom is 0.246 e. The molecular weight excluding hydrogens is 698 g/mol. The Morgan fingerprint density at radius 2 is 1.41 bits per heavy atom. The van der Waals surface area contributed by atoms with E-state index in [2.05, 4.69) is 5.32 Å². The average Bonchev–Trinajstić information content (AvgIpc) is 3.57. The number of hydrogen-bond donors (Lipinski definition) is 2. The lowest BCUT2D eigenvalue weighted by molar-refractivity contribution is -0.127. The lowest BCUT2D eigenvalue weighted by atomic mass is 9.49. The van der Waals surface area contributed by atoms with E-state index in [0.717, 1.165) is 22.5 Å². The summed E-state index contributed by atoms with van der Waals surface area (Å²) in [6.07, 6.45) is 2.55. The van der Waals surface area contributed by atoms with Crippen molar-refractivity contribution in [2.24, 2.45) is 23.7 Å². The SMILES string of the molecule is Cc1cc(C2C3=CCC4C(=O)N(c5ccc(Nc6ccccc6)cc5)C(=O)C4C3CC3C(=O)N(c4cccc(Cl)c4)C(=O)C32c2ccccc2)ccc1O. The molecule has 0 radical (unpaired) electrons. The number of anilines is 4. The maximum absolute atomic E-state index is 15.4. The number of nitrogens with one attached hydrogen (secondary N) is 1. The van der Waals surface area contributed by atoms with Crippen LogP contribution >= 0.6 is 11.6 Å². The van der Waals surface area contributed by atoms with Gasteiger partial charge in [0.2, 0.25) is 23.6 Å². The van der Waals surface area contributed by atoms with Gasteiger partial charge in [-0.15, -0.1) is 0 Å². The number of benzene rings is 5. The summed E-state index contributed by atoms with van der Waals surface area (Å²) < 4.78 is 0. The first kappa shape index (κ1) is 33.8. The molecule has 2 heterocycles. The number of aryl methyl sites for hydroxylation is 1. The third-order valence-electron chi connectivity index (χ3n) is 11.9. The predicted octanol–water partition coefficient (Wildman–Crippen LogP) is 8.46. The van der Waals surface area contributed by atoms with Gasteiger partial charge in [0, 0.05) is 22.3 Å². The minimum absolute atomic E-state index is 0.112. The number of fused-ring (bicyclic) bond motifs is 4. The molecule has 268 valence electrons. The van der Waals surface area contributed by atoms with Crippen molar-refractivity contribution in [1.29, 1.82) is 0 Å². The van der Waals surface area contributed by atoms with E-state index in [0.29, 0.717) is 33.9 Å². The Hall–Kier alpha value is -5.99. The second kappa shape index (κ2) is 12.8. The van der Waals surface area contributed by atoms with Crippen LogP contribution in [-0.2, 0) is 24.6 Å². The third kappa shape index (κ3) is 5.04. The zero-order valence-corrected chi connectivity index (χ0v) is 30.1. The monoisotopic (exact) mass is 733 g/mol. The second-order valence-corrected chi connectivity index (χ2v) is 15.1. The van der Waals surface area contributed by atoms with Crippen LogP contribution in [0.15, 0.2) is 139 Å². The molecule has 9 rings (SSSR count). The van der Waals surface area contributed by atoms with Crippen molar-refractivity contribution in [1.82, 2.24) is 0 Å². The fourth-order valence-corrected chi connectivity index (χ4v) is 9.80. The standard InChI is InChI=1S/C45H36ClN3O5/c1-26-23-27(15-22-38(26)50)40-34-20-21-35-39(43(53)48(41(35)51)32-18-16-31(17-19-32)47-30-12-6-3-7-13-30)36(34)25-37-42(52)49(33-14-8-11-29(46)24-33)44(54)45(37,40)28-9-4-2-5-10-28/h2-20,22-24,35-37,39-40,47,50H,21,25H2,1H3. The lowest BCUT2D eigenvalue weighted by Crippen LogP contribution is -2.53. The molecular formula is C45H36ClN3O5. The number of hydrogen-bond acceptors (Lipinski definition) is 6. The highest BCUT2D eigenvalue weighted by molar-refractivity contribution is 6.32. The highest BCUT2D eigenvalue weighted by Crippen LogP contribution is 2.64. The molecule has 5 aromatic rings. The van der Waals surface area contributed by atoms with E-state index >= 15 is 4.79 Å². The molecule has 1 saturated carbocycles. The van der Waals surface area contributed by atoms with Crippen molar-refractivity contribution in [3.05, 3.63) is 161 Å². The van der Waals surface area contributed by atoms with Crippen molar-refractivity contribution < 1.29 is 24.3 Å². The van der Waals surface area contributed by atoms with Crippen LogP contribution in [0.3, 0.4) is 0 Å². The Balaban J connectivity index is 1.17. The van der Waals surface area contributed by atoms with E-state index in [4.69, 9.17) is 11.6 Å². The molecule has 0 bridgehead atoms. The van der Waals surface area contributed by atoms with Gasteiger partial charge in [0.15, 0.2) is 0 Å². The summed E-state index contributed by atoms with van der Waals surface area (Å²) in [5, 5.41) is 14.4. The van der Waals surface area contributed by atoms with Crippen molar-refractivity contribution in [3.63, 3.8) is 0 Å². The Labute approximate surface area is 317 Å². The molecule has 2 aliphatic carbocycles. The topological polar surface area (TPSA) is 107 Å². The van der Waals surface area contributed by atoms with Gasteiger partial charge in [-0.3, -0.25) is 24.1 Å². The van der Waals surface area contributed by atoms with E-state index in [-0.39, 0.29) is 35.8 Å². The summed E-state index contributed by atoms with van der Waals surface area (Å²) in [5.74, 6) is -4.59. The van der Waals surface area contributed by atoms with Gasteiger partial charge in [0.1, 0.15) is 5.75 Å². The van der Waals surface area contributed by atoms with Crippen LogP contribution in [0.2, 0.25) is 5.02 Å². The van der Waals surface area contributed by atoms with Gasteiger partial charge < -0.3 is 10.4 Å². The van der Waals surface area contributed by atoms with E-state index in [9.17, 15) is 19.5 Å². The van der Waals surface area contributed by atoms with Crippen molar-refractivity contribution >= 4 is 58.0 Å². The van der Waals surface area contributed by atoms with Crippen LogP contribution in [0, 0.1) is 30.6 Å². The number of carbonyl (C=O) groups is 4. The normalized spacial score (nSPS) is 26.0. The van der Waals surface area contributed by atoms with Crippen LogP contribution in [0.1, 0.15) is 35.4 Å². The minimum atomic E-state index is -1.38. The van der Waals surface area contributed by atoms with Crippen LogP contribution in [0.4, 0.5) is 22.7 Å². The molecule has 2 aliphatic heterocycles. The minimum Gasteiger partial charge on any atom is -0.508 e. The number of rotatable bonds is 6. The van der Waals surface area contributed by atoms with E-state index < -0.39 is 35.0 Å². The number of halogens is 1. The third-order valence-corrected chi connectivity index (χ3v) is 12.1. The van der Waals surface area contributed by atoms with Crippen LogP contribution in [0.25, 0.3) is 0 Å². The number of carbonyl (C=O) groups excluding carboxylic acids is 4. The number of imide groups is 2. The molecule has 8 nitrogen and oxygen atoms in total. The first-order chi connectivity index (χ1) is 26.2. The molecule has 2 N–H and O–H groups in total. The maximum atomic E-state index is 15.4. The van der Waals surface area contributed by atoms with Gasteiger partial charge in [0.25, 0.3) is 0 Å². The molecule has 3 fully saturated rings. The van der Waals surface area contributed by atoms with Gasteiger partial charge in [-0.25, -0.2) is 4.90 Å². The van der Waals surface area contributed by atoms with Crippen LogP contribution in [0.5, 0.6) is 5.75 Å². The molecule has 2 saturated heterocycles. The molecule has 6 unspecified atom stereocenters. The van der Waals surface area contributed by atoms with E-state index in [1.165, 1.54) is 9.80 Å². The summed E-state index contributed by atoms with van der Waals surface area (Å²) in [5.41, 5.74) is 4.13. The Kier molecular flexibility index (Phi) is 8.05.